The summed E-state index contributed by atoms with van der Waals surface area (Å²) in [5, 5.41) is 3.25. The zero-order valence-electron chi connectivity index (χ0n) is 7.46. The number of thiocarbonyl (C=S) groups is 1. The van der Waals surface area contributed by atoms with Crippen LogP contribution in [-0.2, 0) is 6.54 Å². The normalized spacial score (nSPS) is 15.9. The van der Waals surface area contributed by atoms with Gasteiger partial charge in [-0.05, 0) is 24.1 Å². The second kappa shape index (κ2) is 3.68. The van der Waals surface area contributed by atoms with Crippen LogP contribution in [0.25, 0.3) is 0 Å². The minimum Gasteiger partial charge on any atom is -0.375 e. The highest BCUT2D eigenvalue weighted by atomic mass is 32.2. The van der Waals surface area contributed by atoms with Gasteiger partial charge >= 0.3 is 0 Å². The summed E-state index contributed by atoms with van der Waals surface area (Å²) in [6.45, 7) is 3.03. The maximum Gasteiger partial charge on any atom is 0.0860 e. The van der Waals surface area contributed by atoms with Crippen molar-refractivity contribution in [1.82, 2.24) is 5.32 Å². The van der Waals surface area contributed by atoms with Gasteiger partial charge in [-0.3, -0.25) is 0 Å². The molecule has 1 aliphatic heterocycles. The van der Waals surface area contributed by atoms with Crippen LogP contribution in [0.4, 0.5) is 0 Å². The lowest BCUT2D eigenvalue weighted by Crippen LogP contribution is -2.20. The molecule has 0 saturated carbocycles. The van der Waals surface area contributed by atoms with Crippen molar-refractivity contribution in [3.63, 3.8) is 0 Å². The van der Waals surface area contributed by atoms with Crippen LogP contribution in [0.5, 0.6) is 0 Å². The molecule has 1 aromatic rings. The Balaban J connectivity index is 2.40. The van der Waals surface area contributed by atoms with Gasteiger partial charge in [0, 0.05) is 17.2 Å². The van der Waals surface area contributed by atoms with Crippen LogP contribution >= 0.6 is 24.0 Å². The molecule has 13 heavy (non-hydrogen) atoms. The molecule has 0 spiro atoms. The van der Waals surface area contributed by atoms with E-state index in [1.165, 1.54) is 16.0 Å². The van der Waals surface area contributed by atoms with Crippen LogP contribution in [0.3, 0.4) is 0 Å². The Morgan fingerprint density at radius 3 is 3.15 bits per heavy atom. The standard InChI is InChI=1S/C10H11NS2/c1-7-3-2-4-9-8(7)5-11-10(12)6-13-9/h2-4H,5-6H2,1H3,(H,11,12). The van der Waals surface area contributed by atoms with Crippen molar-refractivity contribution in [2.75, 3.05) is 5.75 Å². The molecule has 0 saturated heterocycles. The number of thioether (sulfide) groups is 1. The van der Waals surface area contributed by atoms with E-state index in [0.29, 0.717) is 0 Å². The second-order valence-corrected chi connectivity index (χ2v) is 4.63. The Labute approximate surface area is 87.9 Å². The molecule has 2 rings (SSSR count). The van der Waals surface area contributed by atoms with Gasteiger partial charge in [-0.25, -0.2) is 0 Å². The summed E-state index contributed by atoms with van der Waals surface area (Å²) < 4.78 is 0. The quantitative estimate of drug-likeness (QED) is 0.659. The largest absolute Gasteiger partial charge is 0.375 e. The average Bonchev–Trinajstić information content (AvgIpc) is 2.30. The first-order valence-corrected chi connectivity index (χ1v) is 5.65. The van der Waals surface area contributed by atoms with Crippen LogP contribution in [0.15, 0.2) is 23.1 Å². The summed E-state index contributed by atoms with van der Waals surface area (Å²) in [7, 11) is 0. The van der Waals surface area contributed by atoms with Crippen molar-refractivity contribution >= 4 is 29.0 Å². The zero-order chi connectivity index (χ0) is 9.26. The van der Waals surface area contributed by atoms with E-state index in [1.54, 1.807) is 0 Å². The Bertz CT molecular complexity index is 347. The summed E-state index contributed by atoms with van der Waals surface area (Å²) in [6, 6.07) is 6.42. The smallest absolute Gasteiger partial charge is 0.0860 e. The lowest BCUT2D eigenvalue weighted by atomic mass is 10.1. The Morgan fingerprint density at radius 2 is 2.31 bits per heavy atom. The molecule has 0 atom stereocenters. The maximum atomic E-state index is 5.15. The fourth-order valence-corrected chi connectivity index (χ4v) is 2.64. The molecule has 1 heterocycles. The number of rotatable bonds is 0. The highest BCUT2D eigenvalue weighted by molar-refractivity contribution is 8.01. The van der Waals surface area contributed by atoms with Gasteiger partial charge < -0.3 is 5.32 Å². The lowest BCUT2D eigenvalue weighted by molar-refractivity contribution is 0.897. The summed E-state index contributed by atoms with van der Waals surface area (Å²) >= 11 is 6.98. The van der Waals surface area contributed by atoms with Crippen molar-refractivity contribution < 1.29 is 0 Å². The van der Waals surface area contributed by atoms with E-state index in [4.69, 9.17) is 12.2 Å². The van der Waals surface area contributed by atoms with Crippen molar-refractivity contribution in [3.05, 3.63) is 29.3 Å². The fraction of sp³-hybridized carbons (Fsp3) is 0.300. The Morgan fingerprint density at radius 1 is 1.46 bits per heavy atom. The van der Waals surface area contributed by atoms with E-state index in [2.05, 4.69) is 30.4 Å². The molecule has 0 radical (unpaired) electrons. The number of hydrogen-bond donors (Lipinski definition) is 1. The summed E-state index contributed by atoms with van der Waals surface area (Å²) in [4.78, 5) is 2.33. The minimum absolute atomic E-state index is 0.883. The third kappa shape index (κ3) is 1.86. The molecule has 0 bridgehead atoms. The molecule has 0 amide bonds. The first-order chi connectivity index (χ1) is 6.27. The zero-order valence-corrected chi connectivity index (χ0v) is 9.10. The molecule has 0 unspecified atom stereocenters. The van der Waals surface area contributed by atoms with E-state index < -0.39 is 0 Å². The molecule has 1 aliphatic rings. The number of fused-ring (bicyclic) bond motifs is 1. The first kappa shape index (κ1) is 9.03. The van der Waals surface area contributed by atoms with Crippen LogP contribution in [0.2, 0.25) is 0 Å². The summed E-state index contributed by atoms with van der Waals surface area (Å²) in [6.07, 6.45) is 0. The lowest BCUT2D eigenvalue weighted by Gasteiger charge is -2.07. The van der Waals surface area contributed by atoms with E-state index in [0.717, 1.165) is 17.3 Å². The highest BCUT2D eigenvalue weighted by Crippen LogP contribution is 2.27. The van der Waals surface area contributed by atoms with Gasteiger partial charge in [-0.1, -0.05) is 24.4 Å². The molecule has 1 nitrogen and oxygen atoms in total. The van der Waals surface area contributed by atoms with Gasteiger partial charge in [0.1, 0.15) is 0 Å². The van der Waals surface area contributed by atoms with E-state index in [9.17, 15) is 0 Å². The van der Waals surface area contributed by atoms with Crippen LogP contribution in [-0.4, -0.2) is 10.7 Å². The van der Waals surface area contributed by atoms with Gasteiger partial charge in [0.05, 0.1) is 4.99 Å². The summed E-state index contributed by atoms with van der Waals surface area (Å²) in [5.74, 6) is 0.909. The second-order valence-electron chi connectivity index (χ2n) is 3.12. The van der Waals surface area contributed by atoms with Crippen molar-refractivity contribution in [2.45, 2.75) is 18.4 Å². The average molecular weight is 209 g/mol. The molecule has 0 aromatic heterocycles. The van der Waals surface area contributed by atoms with Crippen molar-refractivity contribution in [2.24, 2.45) is 0 Å². The molecule has 0 aliphatic carbocycles. The van der Waals surface area contributed by atoms with Crippen LogP contribution < -0.4 is 5.32 Å². The fourth-order valence-electron chi connectivity index (χ4n) is 1.42. The van der Waals surface area contributed by atoms with E-state index in [-0.39, 0.29) is 0 Å². The SMILES string of the molecule is Cc1cccc2c1CNC(=S)CS2. The Hall–Kier alpha value is -0.540. The summed E-state index contributed by atoms with van der Waals surface area (Å²) in [5.41, 5.74) is 2.74. The first-order valence-electron chi connectivity index (χ1n) is 4.25. The number of benzene rings is 1. The van der Waals surface area contributed by atoms with Gasteiger partial charge in [0.2, 0.25) is 0 Å². The van der Waals surface area contributed by atoms with Gasteiger partial charge in [-0.2, -0.15) is 0 Å². The molecule has 0 fully saturated rings. The van der Waals surface area contributed by atoms with E-state index in [1.807, 2.05) is 11.8 Å². The molecule has 1 N–H and O–H groups in total. The minimum atomic E-state index is 0.883. The van der Waals surface area contributed by atoms with Gasteiger partial charge in [0.25, 0.3) is 0 Å². The third-order valence-electron chi connectivity index (χ3n) is 2.19. The van der Waals surface area contributed by atoms with Crippen LogP contribution in [0, 0.1) is 6.92 Å². The van der Waals surface area contributed by atoms with E-state index >= 15 is 0 Å². The highest BCUT2D eigenvalue weighted by Gasteiger charge is 2.11. The third-order valence-corrected chi connectivity index (χ3v) is 3.79. The molecule has 3 heteroatoms. The van der Waals surface area contributed by atoms with Crippen LogP contribution in [0.1, 0.15) is 11.1 Å². The van der Waals surface area contributed by atoms with Crippen molar-refractivity contribution in [3.8, 4) is 0 Å². The topological polar surface area (TPSA) is 12.0 Å². The van der Waals surface area contributed by atoms with Gasteiger partial charge in [0.15, 0.2) is 0 Å². The number of nitrogens with one attached hydrogen (secondary N) is 1. The van der Waals surface area contributed by atoms with Gasteiger partial charge in [-0.15, -0.1) is 11.8 Å². The molecular weight excluding hydrogens is 198 g/mol. The molecular formula is C10H11NS2. The maximum absolute atomic E-state index is 5.15. The number of aryl methyl sites for hydroxylation is 1. The predicted molar refractivity (Wildman–Crippen MR) is 61.3 cm³/mol. The number of hydrogen-bond acceptors (Lipinski definition) is 2. The predicted octanol–water partition coefficient (Wildman–Crippen LogP) is 2.52. The van der Waals surface area contributed by atoms with Crippen molar-refractivity contribution in [1.29, 1.82) is 0 Å². The molecule has 68 valence electrons. The monoisotopic (exact) mass is 209 g/mol. The Kier molecular flexibility index (Phi) is 2.56. The molecule has 1 aromatic carbocycles.